The number of aliphatic imine (C=N–C) groups is 1. The van der Waals surface area contributed by atoms with Gasteiger partial charge in [0.15, 0.2) is 5.96 Å². The van der Waals surface area contributed by atoms with E-state index in [9.17, 15) is 4.79 Å². The first kappa shape index (κ1) is 25.3. The monoisotopic (exact) mass is 562 g/mol. The molecule has 1 aromatic carbocycles. The molecule has 1 saturated heterocycles. The number of halogens is 1. The Bertz CT molecular complexity index is 925. The van der Waals surface area contributed by atoms with Gasteiger partial charge in [0.25, 0.3) is 0 Å². The van der Waals surface area contributed by atoms with Gasteiger partial charge in [-0.25, -0.2) is 9.98 Å². The van der Waals surface area contributed by atoms with Crippen LogP contribution in [0.2, 0.25) is 0 Å². The van der Waals surface area contributed by atoms with Crippen molar-refractivity contribution >= 4 is 47.3 Å². The fourth-order valence-electron chi connectivity index (χ4n) is 4.41. The number of hydrogen-bond acceptors (Lipinski definition) is 4. The largest absolute Gasteiger partial charge is 0.357 e. The first-order chi connectivity index (χ1) is 15.7. The fourth-order valence-corrected chi connectivity index (χ4v) is 4.41. The van der Waals surface area contributed by atoms with Crippen molar-refractivity contribution in [2.75, 3.05) is 36.4 Å². The number of amides is 1. The molecule has 0 saturated carbocycles. The molecule has 2 aliphatic heterocycles. The predicted molar refractivity (Wildman–Crippen MR) is 146 cm³/mol. The van der Waals surface area contributed by atoms with Crippen molar-refractivity contribution in [1.29, 1.82) is 0 Å². The van der Waals surface area contributed by atoms with E-state index in [0.29, 0.717) is 19.5 Å². The fraction of sp³-hybridized carbons (Fsp3) is 0.480. The molecule has 3 N–H and O–H groups in total. The van der Waals surface area contributed by atoms with E-state index >= 15 is 0 Å². The first-order valence-corrected chi connectivity index (χ1v) is 11.8. The summed E-state index contributed by atoms with van der Waals surface area (Å²) in [6.07, 6.45) is 7.55. The third-order valence-corrected chi connectivity index (χ3v) is 6.13. The molecule has 33 heavy (non-hydrogen) atoms. The van der Waals surface area contributed by atoms with Crippen molar-refractivity contribution in [2.45, 2.75) is 51.5 Å². The van der Waals surface area contributed by atoms with Gasteiger partial charge in [0.05, 0.1) is 6.54 Å². The van der Waals surface area contributed by atoms with E-state index in [4.69, 9.17) is 9.98 Å². The summed E-state index contributed by atoms with van der Waals surface area (Å²) in [5.74, 6) is 2.01. The molecule has 3 heterocycles. The van der Waals surface area contributed by atoms with Crippen LogP contribution in [0, 0.1) is 0 Å². The molecule has 0 radical (unpaired) electrons. The highest BCUT2D eigenvalue weighted by molar-refractivity contribution is 14.0. The molecule has 0 spiro atoms. The normalized spacial score (nSPS) is 18.5. The number of pyridine rings is 1. The van der Waals surface area contributed by atoms with Crippen molar-refractivity contribution in [3.63, 3.8) is 0 Å². The van der Waals surface area contributed by atoms with E-state index in [0.717, 1.165) is 42.7 Å². The topological polar surface area (TPSA) is 81.7 Å². The first-order valence-electron chi connectivity index (χ1n) is 11.8. The maximum Gasteiger partial charge on any atom is 0.225 e. The lowest BCUT2D eigenvalue weighted by Gasteiger charge is -2.26. The lowest BCUT2D eigenvalue weighted by atomic mass is 9.90. The summed E-state index contributed by atoms with van der Waals surface area (Å²) in [5, 5.41) is 9.69. The molecule has 0 bridgehead atoms. The van der Waals surface area contributed by atoms with Crippen LogP contribution in [0.1, 0.15) is 56.1 Å². The van der Waals surface area contributed by atoms with Crippen LogP contribution < -0.4 is 20.9 Å². The maximum absolute atomic E-state index is 12.1. The minimum absolute atomic E-state index is 0. The zero-order valence-electron chi connectivity index (χ0n) is 19.3. The highest BCUT2D eigenvalue weighted by atomic mass is 127. The SMILES string of the molecule is CCNC(=NCc1ccc(N2CCCCCC2)nc1)NCC1CC(=O)Nc2ccccc21.I. The van der Waals surface area contributed by atoms with Crippen LogP contribution in [-0.4, -0.2) is 43.0 Å². The summed E-state index contributed by atoms with van der Waals surface area (Å²) in [5.41, 5.74) is 3.17. The van der Waals surface area contributed by atoms with Gasteiger partial charge in [-0.3, -0.25) is 4.79 Å². The summed E-state index contributed by atoms with van der Waals surface area (Å²) >= 11 is 0. The number of guanidine groups is 1. The summed E-state index contributed by atoms with van der Waals surface area (Å²) in [7, 11) is 0. The van der Waals surface area contributed by atoms with Crippen LogP contribution in [0.25, 0.3) is 0 Å². The Kier molecular flexibility index (Phi) is 9.77. The van der Waals surface area contributed by atoms with E-state index in [2.05, 4.69) is 46.0 Å². The van der Waals surface area contributed by atoms with E-state index in [-0.39, 0.29) is 35.8 Å². The smallest absolute Gasteiger partial charge is 0.225 e. The Morgan fingerprint density at radius 3 is 2.64 bits per heavy atom. The van der Waals surface area contributed by atoms with E-state index in [1.165, 1.54) is 31.2 Å². The number of anilines is 2. The van der Waals surface area contributed by atoms with Crippen LogP contribution in [0.15, 0.2) is 47.6 Å². The van der Waals surface area contributed by atoms with E-state index in [1.807, 2.05) is 24.4 Å². The molecule has 0 aliphatic carbocycles. The number of carbonyl (C=O) groups is 1. The van der Waals surface area contributed by atoms with E-state index in [1.54, 1.807) is 0 Å². The predicted octanol–water partition coefficient (Wildman–Crippen LogP) is 4.26. The number of nitrogens with zero attached hydrogens (tertiary/aromatic N) is 3. The lowest BCUT2D eigenvalue weighted by Crippen LogP contribution is -2.40. The minimum atomic E-state index is 0. The third-order valence-electron chi connectivity index (χ3n) is 6.13. The number of aromatic nitrogens is 1. The summed E-state index contributed by atoms with van der Waals surface area (Å²) in [6, 6.07) is 12.3. The molecule has 8 heteroatoms. The zero-order chi connectivity index (χ0) is 22.2. The van der Waals surface area contributed by atoms with Crippen LogP contribution >= 0.6 is 24.0 Å². The molecule has 178 valence electrons. The Labute approximate surface area is 213 Å². The number of para-hydroxylation sites is 1. The molecule has 1 aromatic heterocycles. The van der Waals surface area contributed by atoms with Crippen molar-refractivity contribution in [3.8, 4) is 0 Å². The summed E-state index contributed by atoms with van der Waals surface area (Å²) in [4.78, 5) is 23.9. The van der Waals surface area contributed by atoms with Crippen molar-refractivity contribution in [1.82, 2.24) is 15.6 Å². The maximum atomic E-state index is 12.1. The van der Waals surface area contributed by atoms with Crippen molar-refractivity contribution in [3.05, 3.63) is 53.7 Å². The quantitative estimate of drug-likeness (QED) is 0.279. The third kappa shape index (κ3) is 7.06. The van der Waals surface area contributed by atoms with Gasteiger partial charge < -0.3 is 20.9 Å². The molecular formula is C25H35IN6O. The number of carbonyl (C=O) groups excluding carboxylic acids is 1. The number of nitrogens with one attached hydrogen (secondary N) is 3. The van der Waals surface area contributed by atoms with Gasteiger partial charge in [-0.15, -0.1) is 24.0 Å². The average Bonchev–Trinajstić information content (AvgIpc) is 3.10. The Hall–Kier alpha value is -2.36. The van der Waals surface area contributed by atoms with Crippen LogP contribution in [0.5, 0.6) is 0 Å². The summed E-state index contributed by atoms with van der Waals surface area (Å²) < 4.78 is 0. The Morgan fingerprint density at radius 1 is 1.12 bits per heavy atom. The van der Waals surface area contributed by atoms with Crippen molar-refractivity contribution in [2.24, 2.45) is 4.99 Å². The zero-order valence-corrected chi connectivity index (χ0v) is 21.7. The number of hydrogen-bond donors (Lipinski definition) is 3. The van der Waals surface area contributed by atoms with Gasteiger partial charge >= 0.3 is 0 Å². The van der Waals surface area contributed by atoms with Gasteiger partial charge in [0, 0.05) is 50.4 Å². The molecule has 1 amide bonds. The number of benzene rings is 1. The van der Waals surface area contributed by atoms with E-state index < -0.39 is 0 Å². The van der Waals surface area contributed by atoms with Gasteiger partial charge in [-0.1, -0.05) is 37.1 Å². The van der Waals surface area contributed by atoms with Gasteiger partial charge in [0.2, 0.25) is 5.91 Å². The molecule has 7 nitrogen and oxygen atoms in total. The summed E-state index contributed by atoms with van der Waals surface area (Å²) in [6.45, 7) is 6.24. The Morgan fingerprint density at radius 2 is 1.91 bits per heavy atom. The second kappa shape index (κ2) is 12.8. The average molecular weight is 563 g/mol. The highest BCUT2D eigenvalue weighted by Crippen LogP contribution is 2.31. The molecular weight excluding hydrogens is 527 g/mol. The van der Waals surface area contributed by atoms with Crippen LogP contribution in [0.3, 0.4) is 0 Å². The minimum Gasteiger partial charge on any atom is -0.357 e. The standard InChI is InChI=1S/C25H34N6O.HI/c1-2-26-25(29-18-20-15-24(32)30-22-10-6-5-9-21(20)22)28-17-19-11-12-23(27-16-19)31-13-7-3-4-8-14-31;/h5-6,9-12,16,20H,2-4,7-8,13-15,17-18H2,1H3,(H,30,32)(H2,26,28,29);1H. The highest BCUT2D eigenvalue weighted by Gasteiger charge is 2.24. The van der Waals surface area contributed by atoms with Gasteiger partial charge in [-0.2, -0.15) is 0 Å². The molecule has 1 atom stereocenters. The second-order valence-electron chi connectivity index (χ2n) is 8.54. The van der Waals surface area contributed by atoms with Crippen LogP contribution in [-0.2, 0) is 11.3 Å². The molecule has 2 aliphatic rings. The molecule has 1 unspecified atom stereocenters. The molecule has 4 rings (SSSR count). The molecule has 2 aromatic rings. The number of fused-ring (bicyclic) bond motifs is 1. The lowest BCUT2D eigenvalue weighted by molar-refractivity contribution is -0.116. The van der Waals surface area contributed by atoms with Crippen LogP contribution in [0.4, 0.5) is 11.5 Å². The number of rotatable bonds is 6. The van der Waals surface area contributed by atoms with Gasteiger partial charge in [0.1, 0.15) is 5.82 Å². The Balaban J connectivity index is 0.00000306. The second-order valence-corrected chi connectivity index (χ2v) is 8.54. The van der Waals surface area contributed by atoms with Gasteiger partial charge in [-0.05, 0) is 43.0 Å². The van der Waals surface area contributed by atoms with Crippen molar-refractivity contribution < 1.29 is 4.79 Å². The molecule has 1 fully saturated rings.